The quantitative estimate of drug-likeness (QED) is 0.586. The van der Waals surface area contributed by atoms with E-state index in [1.165, 1.54) is 39.1 Å². The van der Waals surface area contributed by atoms with E-state index in [0.717, 1.165) is 30.1 Å². The largest absolute Gasteiger partial charge is 0.496 e. The summed E-state index contributed by atoms with van der Waals surface area (Å²) < 4.78 is 6.00. The number of fused-ring (bicyclic) bond motifs is 1. The molecule has 2 heterocycles. The smallest absolute Gasteiger partial charge is 0.129 e. The van der Waals surface area contributed by atoms with Gasteiger partial charge in [0.15, 0.2) is 0 Å². The highest BCUT2D eigenvalue weighted by Gasteiger charge is 2.39. The first-order chi connectivity index (χ1) is 15.1. The van der Waals surface area contributed by atoms with Crippen molar-refractivity contribution < 1.29 is 4.74 Å². The summed E-state index contributed by atoms with van der Waals surface area (Å²) in [7, 11) is 6.38. The molecule has 0 spiro atoms. The number of anilines is 1. The molecule has 0 saturated carbocycles. The van der Waals surface area contributed by atoms with Crippen LogP contribution in [0.15, 0.2) is 42.5 Å². The third kappa shape index (κ3) is 3.72. The zero-order valence-corrected chi connectivity index (χ0v) is 20.8. The van der Waals surface area contributed by atoms with Crippen molar-refractivity contribution in [2.45, 2.75) is 52.3 Å². The molecule has 2 aromatic carbocycles. The molecule has 32 heavy (non-hydrogen) atoms. The van der Waals surface area contributed by atoms with Crippen molar-refractivity contribution >= 4 is 21.4 Å². The third-order valence-corrected chi connectivity index (χ3v) is 7.06. The summed E-state index contributed by atoms with van der Waals surface area (Å²) in [6.07, 6.45) is 0.902. The van der Waals surface area contributed by atoms with Gasteiger partial charge in [-0.1, -0.05) is 44.2 Å². The molecule has 0 saturated heterocycles. The van der Waals surface area contributed by atoms with Gasteiger partial charge in [-0.2, -0.15) is 0 Å². The minimum Gasteiger partial charge on any atom is -0.496 e. The average molecular weight is 424 g/mol. The number of ether oxygens (including phenoxy) is 1. The van der Waals surface area contributed by atoms with E-state index in [2.05, 4.69) is 97.7 Å². The number of benzene rings is 2. The Hall–Kier alpha value is -2.68. The van der Waals surface area contributed by atoms with Crippen LogP contribution in [0, 0.1) is 20.8 Å². The van der Waals surface area contributed by atoms with Crippen LogP contribution in [0.5, 0.6) is 5.75 Å². The molecule has 0 aliphatic carbocycles. The number of hydrogen-bond donors (Lipinski definition) is 0. The predicted molar refractivity (Wildman–Crippen MR) is 141 cm³/mol. The topological polar surface area (TPSA) is 25.4 Å². The van der Waals surface area contributed by atoms with Crippen molar-refractivity contribution in [2.24, 2.45) is 0 Å². The van der Waals surface area contributed by atoms with Crippen LogP contribution in [0.3, 0.4) is 0 Å². The molecule has 0 radical (unpaired) electrons. The summed E-state index contributed by atoms with van der Waals surface area (Å²) in [5.41, 5.74) is 11.1. The van der Waals surface area contributed by atoms with E-state index in [-0.39, 0.29) is 5.34 Å². The summed E-state index contributed by atoms with van der Waals surface area (Å²) >= 11 is 0. The van der Waals surface area contributed by atoms with Crippen LogP contribution in [0.25, 0.3) is 11.3 Å². The van der Waals surface area contributed by atoms with E-state index in [9.17, 15) is 0 Å². The fraction of sp³-hybridized carbons (Fsp3) is 0.370. The van der Waals surface area contributed by atoms with Crippen LogP contribution in [-0.4, -0.2) is 34.3 Å². The number of aromatic nitrogens is 1. The van der Waals surface area contributed by atoms with Crippen molar-refractivity contribution in [3.05, 3.63) is 76.0 Å². The lowest BCUT2D eigenvalue weighted by Crippen LogP contribution is -2.53. The fourth-order valence-corrected chi connectivity index (χ4v) is 5.25. The Morgan fingerprint density at radius 1 is 1.00 bits per heavy atom. The van der Waals surface area contributed by atoms with E-state index >= 15 is 0 Å². The van der Waals surface area contributed by atoms with Gasteiger partial charge in [0.1, 0.15) is 21.4 Å². The SMILES string of the molecule is BC1(B)c2c(OC)cc(-c3c(C)cccc3C)nc2CCN1c1cc(C(C)C)ccc1C. The number of pyridine rings is 1. The predicted octanol–water partition coefficient (Wildman–Crippen LogP) is 4.25. The maximum Gasteiger partial charge on any atom is 0.129 e. The maximum atomic E-state index is 6.00. The Balaban J connectivity index is 1.86. The van der Waals surface area contributed by atoms with Crippen LogP contribution in [0.4, 0.5) is 5.69 Å². The lowest BCUT2D eigenvalue weighted by molar-refractivity contribution is 0.402. The third-order valence-electron chi connectivity index (χ3n) is 7.06. The van der Waals surface area contributed by atoms with Crippen molar-refractivity contribution in [3.63, 3.8) is 0 Å². The van der Waals surface area contributed by atoms with Crippen molar-refractivity contribution in [2.75, 3.05) is 18.6 Å². The van der Waals surface area contributed by atoms with Gasteiger partial charge in [-0.25, -0.2) is 0 Å². The first kappa shape index (κ1) is 22.5. The molecular weight excluding hydrogens is 390 g/mol. The monoisotopic (exact) mass is 424 g/mol. The molecule has 5 heteroatoms. The van der Waals surface area contributed by atoms with Gasteiger partial charge in [-0.3, -0.25) is 4.98 Å². The van der Waals surface area contributed by atoms with E-state index in [0.29, 0.717) is 5.92 Å². The minimum absolute atomic E-state index is 0.231. The summed E-state index contributed by atoms with van der Waals surface area (Å²) in [6, 6.07) is 15.5. The second-order valence-corrected chi connectivity index (χ2v) is 9.96. The molecular formula is C27H34B2N2O. The standard InChI is InChI=1S/C27H34B2N2O/c1-16(2)20-11-10-17(3)23(14-20)31-13-12-21-26(27(31,28)29)24(32-6)15-22(30-21)25-18(4)8-7-9-19(25)5/h7-11,14-16H,12-13,28-29H2,1-6H3. The van der Waals surface area contributed by atoms with Crippen molar-refractivity contribution in [1.82, 2.24) is 4.98 Å². The number of methoxy groups -OCH3 is 1. The molecule has 0 amide bonds. The van der Waals surface area contributed by atoms with Crippen LogP contribution in [0.1, 0.15) is 53.3 Å². The van der Waals surface area contributed by atoms with Crippen molar-refractivity contribution in [3.8, 4) is 17.0 Å². The fourth-order valence-electron chi connectivity index (χ4n) is 5.25. The lowest BCUT2D eigenvalue weighted by atomic mass is 9.54. The molecule has 164 valence electrons. The molecule has 1 aliphatic heterocycles. The number of aryl methyl sites for hydroxylation is 3. The molecule has 0 N–H and O–H groups in total. The minimum atomic E-state index is -0.231. The maximum absolute atomic E-state index is 6.00. The average Bonchev–Trinajstić information content (AvgIpc) is 2.73. The first-order valence-corrected chi connectivity index (χ1v) is 11.7. The molecule has 3 aromatic rings. The Kier molecular flexibility index (Phi) is 5.87. The number of nitrogens with zero attached hydrogens (tertiary/aromatic N) is 2. The summed E-state index contributed by atoms with van der Waals surface area (Å²) in [5.74, 6) is 1.44. The van der Waals surface area contributed by atoms with Crippen LogP contribution in [-0.2, 0) is 11.8 Å². The summed E-state index contributed by atoms with van der Waals surface area (Å²) in [6.45, 7) is 12.0. The van der Waals surface area contributed by atoms with Gasteiger partial charge in [-0.15, -0.1) is 0 Å². The van der Waals surface area contributed by atoms with Crippen molar-refractivity contribution in [1.29, 1.82) is 0 Å². The van der Waals surface area contributed by atoms with Gasteiger partial charge in [0, 0.05) is 41.2 Å². The Morgan fingerprint density at radius 3 is 2.31 bits per heavy atom. The first-order valence-electron chi connectivity index (χ1n) is 11.7. The van der Waals surface area contributed by atoms with E-state index < -0.39 is 0 Å². The van der Waals surface area contributed by atoms with E-state index in [1.54, 1.807) is 7.11 Å². The van der Waals surface area contributed by atoms with Crippen LogP contribution < -0.4 is 9.64 Å². The molecule has 0 unspecified atom stereocenters. The number of rotatable bonds is 4. The summed E-state index contributed by atoms with van der Waals surface area (Å²) in [4.78, 5) is 7.74. The van der Waals surface area contributed by atoms with E-state index in [1.807, 2.05) is 0 Å². The molecule has 3 nitrogen and oxygen atoms in total. The highest BCUT2D eigenvalue weighted by molar-refractivity contribution is 6.42. The second kappa shape index (κ2) is 8.35. The van der Waals surface area contributed by atoms with Gasteiger partial charge in [0.2, 0.25) is 0 Å². The van der Waals surface area contributed by atoms with Gasteiger partial charge in [-0.05, 0) is 55.0 Å². The second-order valence-electron chi connectivity index (χ2n) is 9.96. The highest BCUT2D eigenvalue weighted by Crippen LogP contribution is 2.42. The highest BCUT2D eigenvalue weighted by atomic mass is 16.5. The summed E-state index contributed by atoms with van der Waals surface area (Å²) in [5, 5.41) is -0.231. The molecule has 0 fully saturated rings. The lowest BCUT2D eigenvalue weighted by Gasteiger charge is -2.47. The van der Waals surface area contributed by atoms with E-state index in [4.69, 9.17) is 9.72 Å². The van der Waals surface area contributed by atoms with Gasteiger partial charge in [0.05, 0.1) is 18.5 Å². The Morgan fingerprint density at radius 2 is 1.69 bits per heavy atom. The molecule has 1 aliphatic rings. The Labute approximate surface area is 195 Å². The molecule has 0 bridgehead atoms. The Bertz CT molecular complexity index is 1130. The zero-order chi connectivity index (χ0) is 23.2. The van der Waals surface area contributed by atoms with Crippen LogP contribution in [0.2, 0.25) is 0 Å². The van der Waals surface area contributed by atoms with Gasteiger partial charge >= 0.3 is 0 Å². The molecule has 4 rings (SSSR count). The normalized spacial score (nSPS) is 15.0. The number of hydrogen-bond acceptors (Lipinski definition) is 3. The zero-order valence-electron chi connectivity index (χ0n) is 20.8. The molecule has 0 atom stereocenters. The molecule has 1 aromatic heterocycles. The van der Waals surface area contributed by atoms with Gasteiger partial charge in [0.25, 0.3) is 0 Å². The van der Waals surface area contributed by atoms with Crippen LogP contribution >= 0.6 is 0 Å². The van der Waals surface area contributed by atoms with Gasteiger partial charge < -0.3 is 9.64 Å².